The molecule has 2 aliphatic rings. The van der Waals surface area contributed by atoms with Crippen LogP contribution in [0.15, 0.2) is 24.3 Å². The van der Waals surface area contributed by atoms with Crippen LogP contribution in [-0.4, -0.2) is 30.6 Å². The largest absolute Gasteiger partial charge is 0.470 e. The first-order valence-electron chi connectivity index (χ1n) is 5.10. The van der Waals surface area contributed by atoms with E-state index >= 15 is 0 Å². The number of hydrogen-bond donors (Lipinski definition) is 0. The van der Waals surface area contributed by atoms with Gasteiger partial charge in [0.15, 0.2) is 6.73 Å². The van der Waals surface area contributed by atoms with E-state index in [0.717, 1.165) is 18.0 Å². The minimum absolute atomic E-state index is 0.305. The minimum Gasteiger partial charge on any atom is -0.470 e. The lowest BCUT2D eigenvalue weighted by Crippen LogP contribution is -2.40. The van der Waals surface area contributed by atoms with E-state index in [1.807, 2.05) is 34.3 Å². The Kier molecular flexibility index (Phi) is 1.89. The maximum absolute atomic E-state index is 11.2. The molecule has 0 radical (unpaired) electrons. The third-order valence-corrected chi connectivity index (χ3v) is 2.83. The molecule has 2 heterocycles. The molecule has 15 heavy (non-hydrogen) atoms. The second-order valence-electron chi connectivity index (χ2n) is 3.82. The summed E-state index contributed by atoms with van der Waals surface area (Å²) in [6.45, 7) is 1.83. The molecule has 3 rings (SSSR count). The third-order valence-electron chi connectivity index (χ3n) is 2.83. The molecule has 0 N–H and O–H groups in total. The van der Waals surface area contributed by atoms with Crippen molar-refractivity contribution >= 4 is 11.5 Å². The van der Waals surface area contributed by atoms with Gasteiger partial charge in [-0.3, -0.25) is 9.80 Å². The van der Waals surface area contributed by atoms with Gasteiger partial charge >= 0.3 is 0 Å². The first-order chi connectivity index (χ1) is 7.34. The van der Waals surface area contributed by atoms with Gasteiger partial charge in [0.1, 0.15) is 11.5 Å². The number of anilines is 1. The van der Waals surface area contributed by atoms with Crippen LogP contribution < -0.4 is 9.75 Å². The molecular formula is C11H12N2O2. The molecule has 78 valence electrons. The van der Waals surface area contributed by atoms with Crippen molar-refractivity contribution in [3.63, 3.8) is 0 Å². The van der Waals surface area contributed by atoms with Gasteiger partial charge in [-0.2, -0.15) is 0 Å². The zero-order chi connectivity index (χ0) is 10.3. The van der Waals surface area contributed by atoms with Gasteiger partial charge in [0.2, 0.25) is 0 Å². The summed E-state index contributed by atoms with van der Waals surface area (Å²) in [7, 11) is 0. The van der Waals surface area contributed by atoms with Crippen molar-refractivity contribution in [2.24, 2.45) is 0 Å². The zero-order valence-corrected chi connectivity index (χ0v) is 8.35. The van der Waals surface area contributed by atoms with E-state index in [-0.39, 0.29) is 0 Å². The van der Waals surface area contributed by atoms with Crippen LogP contribution in [-0.2, 0) is 4.79 Å². The van der Waals surface area contributed by atoms with Crippen molar-refractivity contribution in [2.45, 2.75) is 6.42 Å². The summed E-state index contributed by atoms with van der Waals surface area (Å²) >= 11 is 0. The van der Waals surface area contributed by atoms with Crippen molar-refractivity contribution < 1.29 is 9.53 Å². The van der Waals surface area contributed by atoms with E-state index in [0.29, 0.717) is 25.5 Å². The summed E-state index contributed by atoms with van der Waals surface area (Å²) in [6, 6.07) is 7.91. The van der Waals surface area contributed by atoms with Crippen molar-refractivity contribution in [1.82, 2.24) is 5.01 Å². The summed E-state index contributed by atoms with van der Waals surface area (Å²) < 4.78 is 5.53. The second kappa shape index (κ2) is 3.24. The van der Waals surface area contributed by atoms with Gasteiger partial charge in [-0.15, -0.1) is 0 Å². The molecule has 1 aromatic rings. The Hall–Kier alpha value is -1.55. The number of ketones is 1. The number of benzene rings is 1. The predicted molar refractivity (Wildman–Crippen MR) is 55.6 cm³/mol. The van der Waals surface area contributed by atoms with E-state index in [2.05, 4.69) is 0 Å². The zero-order valence-electron chi connectivity index (χ0n) is 8.35. The fourth-order valence-corrected chi connectivity index (χ4v) is 2.05. The van der Waals surface area contributed by atoms with Crippen LogP contribution in [0.5, 0.6) is 5.75 Å². The number of ether oxygens (including phenoxy) is 1. The van der Waals surface area contributed by atoms with Gasteiger partial charge in [0.05, 0.1) is 12.2 Å². The van der Waals surface area contributed by atoms with Crippen LogP contribution in [0.25, 0.3) is 0 Å². The number of Topliss-reactive ketones (excluding diaryl/α,β-unsaturated/α-hetero) is 1. The lowest BCUT2D eigenvalue weighted by molar-refractivity contribution is -0.116. The predicted octanol–water partition coefficient (Wildman–Crippen LogP) is 1.03. The molecule has 0 unspecified atom stereocenters. The molecule has 0 aliphatic carbocycles. The van der Waals surface area contributed by atoms with Crippen molar-refractivity contribution in [1.29, 1.82) is 0 Å². The first kappa shape index (κ1) is 8.73. The highest BCUT2D eigenvalue weighted by atomic mass is 16.5. The monoisotopic (exact) mass is 204 g/mol. The molecule has 1 fully saturated rings. The van der Waals surface area contributed by atoms with Crippen LogP contribution >= 0.6 is 0 Å². The Bertz CT molecular complexity index is 405. The SMILES string of the molecule is O=C1CCN(N2COc3ccccc32)C1. The molecule has 0 aromatic heterocycles. The van der Waals surface area contributed by atoms with Crippen LogP contribution in [0.1, 0.15) is 6.42 Å². The highest BCUT2D eigenvalue weighted by Crippen LogP contribution is 2.34. The molecule has 0 amide bonds. The fraction of sp³-hybridized carbons (Fsp3) is 0.364. The summed E-state index contributed by atoms with van der Waals surface area (Å²) in [5, 5.41) is 4.09. The molecule has 2 aliphatic heterocycles. The van der Waals surface area contributed by atoms with E-state index in [9.17, 15) is 4.79 Å². The highest BCUT2D eigenvalue weighted by Gasteiger charge is 2.30. The number of carbonyl (C=O) groups excluding carboxylic acids is 1. The Morgan fingerprint density at radius 2 is 2.13 bits per heavy atom. The van der Waals surface area contributed by atoms with E-state index < -0.39 is 0 Å². The average molecular weight is 204 g/mol. The number of fused-ring (bicyclic) bond motifs is 1. The maximum Gasteiger partial charge on any atom is 0.175 e. The lowest BCUT2D eigenvalue weighted by atomic mass is 10.3. The number of nitrogens with zero attached hydrogens (tertiary/aromatic N) is 2. The van der Waals surface area contributed by atoms with Gasteiger partial charge in [-0.1, -0.05) is 12.1 Å². The molecule has 4 nitrogen and oxygen atoms in total. The van der Waals surface area contributed by atoms with E-state index in [1.54, 1.807) is 0 Å². The number of carbonyl (C=O) groups is 1. The maximum atomic E-state index is 11.2. The van der Waals surface area contributed by atoms with Crippen LogP contribution in [0.4, 0.5) is 5.69 Å². The van der Waals surface area contributed by atoms with E-state index in [1.165, 1.54) is 0 Å². The average Bonchev–Trinajstić information content (AvgIpc) is 2.83. The molecule has 4 heteroatoms. The van der Waals surface area contributed by atoms with Gasteiger partial charge in [-0.25, -0.2) is 5.01 Å². The van der Waals surface area contributed by atoms with Gasteiger partial charge in [-0.05, 0) is 12.1 Å². The topological polar surface area (TPSA) is 32.8 Å². The Morgan fingerprint density at radius 1 is 1.27 bits per heavy atom. The quantitative estimate of drug-likeness (QED) is 0.684. The highest BCUT2D eigenvalue weighted by molar-refractivity contribution is 5.83. The second-order valence-corrected chi connectivity index (χ2v) is 3.82. The number of hydrazine groups is 1. The first-order valence-corrected chi connectivity index (χ1v) is 5.10. The van der Waals surface area contributed by atoms with Gasteiger partial charge in [0.25, 0.3) is 0 Å². The Labute approximate surface area is 88.0 Å². The molecule has 1 saturated heterocycles. The van der Waals surface area contributed by atoms with Gasteiger partial charge in [0, 0.05) is 13.0 Å². The van der Waals surface area contributed by atoms with E-state index in [4.69, 9.17) is 4.74 Å². The molecule has 0 bridgehead atoms. The van der Waals surface area contributed by atoms with Crippen molar-refractivity contribution in [3.8, 4) is 5.75 Å². The molecule has 1 aromatic carbocycles. The summed E-state index contributed by atoms with van der Waals surface area (Å²) in [6.07, 6.45) is 0.651. The number of para-hydroxylation sites is 2. The third kappa shape index (κ3) is 1.37. The summed E-state index contributed by atoms with van der Waals surface area (Å²) in [4.78, 5) is 11.2. The number of rotatable bonds is 1. The standard InChI is InChI=1S/C11H12N2O2/c14-9-5-6-12(7-9)13-8-15-11-4-2-1-3-10(11)13/h1-4H,5-8H2. The summed E-state index contributed by atoms with van der Waals surface area (Å²) in [5.41, 5.74) is 1.06. The molecule has 0 saturated carbocycles. The molecule has 0 atom stereocenters. The molecular weight excluding hydrogens is 192 g/mol. The number of hydrogen-bond acceptors (Lipinski definition) is 4. The summed E-state index contributed by atoms with van der Waals surface area (Å²) in [5.74, 6) is 1.20. The Balaban J connectivity index is 1.87. The normalized spacial score (nSPS) is 20.5. The lowest BCUT2D eigenvalue weighted by Gasteiger charge is -2.26. The van der Waals surface area contributed by atoms with Crippen molar-refractivity contribution in [3.05, 3.63) is 24.3 Å². The molecule has 0 spiro atoms. The minimum atomic E-state index is 0.305. The van der Waals surface area contributed by atoms with Gasteiger partial charge < -0.3 is 4.74 Å². The fourth-order valence-electron chi connectivity index (χ4n) is 2.05. The van der Waals surface area contributed by atoms with Crippen LogP contribution in [0.2, 0.25) is 0 Å². The van der Waals surface area contributed by atoms with Crippen LogP contribution in [0.3, 0.4) is 0 Å². The van der Waals surface area contributed by atoms with Crippen LogP contribution in [0, 0.1) is 0 Å². The van der Waals surface area contributed by atoms with Crippen molar-refractivity contribution in [2.75, 3.05) is 24.8 Å². The Morgan fingerprint density at radius 3 is 2.93 bits per heavy atom. The smallest absolute Gasteiger partial charge is 0.175 e.